The average molecular weight is 388 g/mol. The van der Waals surface area contributed by atoms with Crippen molar-refractivity contribution in [2.24, 2.45) is 5.73 Å². The second kappa shape index (κ2) is 7.04. The van der Waals surface area contributed by atoms with Gasteiger partial charge in [0, 0.05) is 10.0 Å². The van der Waals surface area contributed by atoms with Crippen molar-refractivity contribution in [1.29, 1.82) is 0 Å². The number of carbonyl (C=O) groups is 1. The van der Waals surface area contributed by atoms with Gasteiger partial charge in [0.15, 0.2) is 5.13 Å². The molecule has 0 saturated heterocycles. The highest BCUT2D eigenvalue weighted by atomic mass is 79.9. The fourth-order valence-corrected chi connectivity index (χ4v) is 3.41. The molecule has 0 atom stereocenters. The number of aromatic nitrogens is 1. The highest BCUT2D eigenvalue weighted by Gasteiger charge is 2.16. The van der Waals surface area contributed by atoms with E-state index in [9.17, 15) is 4.79 Å². The topological polar surface area (TPSA) is 68.0 Å². The molecule has 6 heteroatoms. The van der Waals surface area contributed by atoms with Crippen molar-refractivity contribution in [2.45, 2.75) is 0 Å². The molecule has 1 amide bonds. The minimum absolute atomic E-state index is 0.0616. The summed E-state index contributed by atoms with van der Waals surface area (Å²) >= 11 is 4.89. The van der Waals surface area contributed by atoms with Crippen LogP contribution in [0, 0.1) is 0 Å². The SMILES string of the molecule is NCC(=O)Nc1nc(-c2ccc(Br)cc2)c(-c2ccccc2)s1. The number of nitrogens with zero attached hydrogens (tertiary/aromatic N) is 1. The van der Waals surface area contributed by atoms with Gasteiger partial charge in [-0.3, -0.25) is 4.79 Å². The summed E-state index contributed by atoms with van der Waals surface area (Å²) in [4.78, 5) is 17.1. The third kappa shape index (κ3) is 3.67. The minimum atomic E-state index is -0.249. The molecule has 116 valence electrons. The normalized spacial score (nSPS) is 10.5. The summed E-state index contributed by atoms with van der Waals surface area (Å²) in [5.41, 5.74) is 8.27. The molecule has 23 heavy (non-hydrogen) atoms. The van der Waals surface area contributed by atoms with Gasteiger partial charge in [0.05, 0.1) is 17.1 Å². The van der Waals surface area contributed by atoms with Crippen molar-refractivity contribution in [3.05, 3.63) is 59.1 Å². The van der Waals surface area contributed by atoms with Gasteiger partial charge in [0.1, 0.15) is 0 Å². The Balaban J connectivity index is 2.08. The molecule has 0 aliphatic carbocycles. The maximum Gasteiger partial charge on any atom is 0.239 e. The Kier molecular flexibility index (Phi) is 4.85. The molecule has 3 aromatic rings. The summed E-state index contributed by atoms with van der Waals surface area (Å²) < 4.78 is 1.01. The first kappa shape index (κ1) is 15.9. The highest BCUT2D eigenvalue weighted by molar-refractivity contribution is 9.10. The van der Waals surface area contributed by atoms with Crippen molar-refractivity contribution in [2.75, 3.05) is 11.9 Å². The van der Waals surface area contributed by atoms with Crippen molar-refractivity contribution in [1.82, 2.24) is 4.98 Å². The third-order valence-corrected chi connectivity index (χ3v) is 4.76. The van der Waals surface area contributed by atoms with Crippen LogP contribution in [0.15, 0.2) is 59.1 Å². The van der Waals surface area contributed by atoms with Gasteiger partial charge < -0.3 is 11.1 Å². The van der Waals surface area contributed by atoms with E-state index in [4.69, 9.17) is 5.73 Å². The molecule has 2 aromatic carbocycles. The highest BCUT2D eigenvalue weighted by Crippen LogP contribution is 2.39. The van der Waals surface area contributed by atoms with Gasteiger partial charge in [0.25, 0.3) is 0 Å². The Hall–Kier alpha value is -2.02. The fourth-order valence-electron chi connectivity index (χ4n) is 2.13. The molecule has 3 N–H and O–H groups in total. The molecule has 0 unspecified atom stereocenters. The molecule has 0 spiro atoms. The number of nitrogens with two attached hydrogens (primary N) is 1. The van der Waals surface area contributed by atoms with Crippen LogP contribution in [0.1, 0.15) is 0 Å². The molecular weight excluding hydrogens is 374 g/mol. The smallest absolute Gasteiger partial charge is 0.239 e. The van der Waals surface area contributed by atoms with E-state index in [0.717, 1.165) is 26.2 Å². The third-order valence-electron chi connectivity index (χ3n) is 3.21. The van der Waals surface area contributed by atoms with Gasteiger partial charge in [-0.1, -0.05) is 69.7 Å². The molecule has 3 rings (SSSR count). The Morgan fingerprint density at radius 1 is 1.09 bits per heavy atom. The van der Waals surface area contributed by atoms with E-state index < -0.39 is 0 Å². The Labute approximate surface area is 146 Å². The second-order valence-electron chi connectivity index (χ2n) is 4.82. The van der Waals surface area contributed by atoms with Crippen LogP contribution in [-0.2, 0) is 4.79 Å². The second-order valence-corrected chi connectivity index (χ2v) is 6.74. The largest absolute Gasteiger partial charge is 0.322 e. The summed E-state index contributed by atoms with van der Waals surface area (Å²) in [6, 6.07) is 18.0. The minimum Gasteiger partial charge on any atom is -0.322 e. The van der Waals surface area contributed by atoms with Gasteiger partial charge in [-0.25, -0.2) is 4.98 Å². The maximum atomic E-state index is 11.5. The number of rotatable bonds is 4. The van der Waals surface area contributed by atoms with Gasteiger partial charge in [-0.15, -0.1) is 0 Å². The molecule has 1 aromatic heterocycles. The molecule has 0 saturated carbocycles. The van der Waals surface area contributed by atoms with Crippen LogP contribution in [0.25, 0.3) is 21.7 Å². The fraction of sp³-hybridized carbons (Fsp3) is 0.0588. The molecule has 0 aliphatic rings. The molecular formula is C17H14BrN3OS. The summed E-state index contributed by atoms with van der Waals surface area (Å²) in [7, 11) is 0. The van der Waals surface area contributed by atoms with Gasteiger partial charge in [-0.2, -0.15) is 0 Å². The summed E-state index contributed by atoms with van der Waals surface area (Å²) in [5, 5.41) is 3.29. The molecule has 0 radical (unpaired) electrons. The first-order valence-corrected chi connectivity index (χ1v) is 8.60. The zero-order valence-corrected chi connectivity index (χ0v) is 14.5. The van der Waals surface area contributed by atoms with E-state index in [1.165, 1.54) is 11.3 Å². The predicted octanol–water partition coefficient (Wildman–Crippen LogP) is 4.14. The molecule has 1 heterocycles. The summed E-state index contributed by atoms with van der Waals surface area (Å²) in [5.74, 6) is -0.249. The monoisotopic (exact) mass is 387 g/mol. The lowest BCUT2D eigenvalue weighted by molar-refractivity contribution is -0.114. The predicted molar refractivity (Wildman–Crippen MR) is 98.4 cm³/mol. The van der Waals surface area contributed by atoms with Gasteiger partial charge in [0.2, 0.25) is 5.91 Å². The van der Waals surface area contributed by atoms with Crippen LogP contribution >= 0.6 is 27.3 Å². The lowest BCUT2D eigenvalue weighted by Gasteiger charge is -2.02. The van der Waals surface area contributed by atoms with E-state index in [1.807, 2.05) is 54.6 Å². The van der Waals surface area contributed by atoms with E-state index >= 15 is 0 Å². The summed E-state index contributed by atoms with van der Waals surface area (Å²) in [6.07, 6.45) is 0. The maximum absolute atomic E-state index is 11.5. The molecule has 0 aliphatic heterocycles. The zero-order chi connectivity index (χ0) is 16.2. The molecule has 0 fully saturated rings. The number of hydrogen-bond donors (Lipinski definition) is 2. The number of thiazole rings is 1. The Morgan fingerprint density at radius 3 is 2.43 bits per heavy atom. The van der Waals surface area contributed by atoms with Crippen LogP contribution in [0.5, 0.6) is 0 Å². The van der Waals surface area contributed by atoms with Gasteiger partial charge >= 0.3 is 0 Å². The lowest BCUT2D eigenvalue weighted by atomic mass is 10.1. The van der Waals surface area contributed by atoms with Crippen LogP contribution < -0.4 is 11.1 Å². The van der Waals surface area contributed by atoms with E-state index in [1.54, 1.807) is 0 Å². The standard InChI is InChI=1S/C17H14BrN3OS/c18-13-8-6-11(7-9-13)15-16(12-4-2-1-3-5-12)23-17(21-15)20-14(22)10-19/h1-9H,10,19H2,(H,20,21,22). The number of anilines is 1. The number of halogens is 1. The zero-order valence-electron chi connectivity index (χ0n) is 12.1. The number of benzene rings is 2. The van der Waals surface area contributed by atoms with E-state index in [-0.39, 0.29) is 12.5 Å². The Morgan fingerprint density at radius 2 is 1.78 bits per heavy atom. The Bertz CT molecular complexity index is 816. The molecule has 4 nitrogen and oxygen atoms in total. The average Bonchev–Trinajstić information content (AvgIpc) is 3.00. The first-order chi connectivity index (χ1) is 11.2. The molecule has 0 bridgehead atoms. The number of amides is 1. The van der Waals surface area contributed by atoms with Crippen LogP contribution in [-0.4, -0.2) is 17.4 Å². The quantitative estimate of drug-likeness (QED) is 0.706. The van der Waals surface area contributed by atoms with Crippen molar-refractivity contribution in [3.8, 4) is 21.7 Å². The number of hydrogen-bond acceptors (Lipinski definition) is 4. The van der Waals surface area contributed by atoms with E-state index in [2.05, 4.69) is 26.2 Å². The summed E-state index contributed by atoms with van der Waals surface area (Å²) in [6.45, 7) is -0.0616. The van der Waals surface area contributed by atoms with Crippen molar-refractivity contribution >= 4 is 38.3 Å². The number of carbonyl (C=O) groups excluding carboxylic acids is 1. The van der Waals surface area contributed by atoms with Crippen molar-refractivity contribution in [3.63, 3.8) is 0 Å². The van der Waals surface area contributed by atoms with Crippen LogP contribution in [0.2, 0.25) is 0 Å². The lowest BCUT2D eigenvalue weighted by Crippen LogP contribution is -2.21. The van der Waals surface area contributed by atoms with E-state index in [0.29, 0.717) is 5.13 Å². The van der Waals surface area contributed by atoms with Crippen LogP contribution in [0.3, 0.4) is 0 Å². The number of nitrogens with one attached hydrogen (secondary N) is 1. The first-order valence-electron chi connectivity index (χ1n) is 6.99. The van der Waals surface area contributed by atoms with Crippen LogP contribution in [0.4, 0.5) is 5.13 Å². The van der Waals surface area contributed by atoms with Gasteiger partial charge in [-0.05, 0) is 17.7 Å². The van der Waals surface area contributed by atoms with Crippen molar-refractivity contribution < 1.29 is 4.79 Å².